The minimum atomic E-state index is -0.544. The van der Waals surface area contributed by atoms with E-state index >= 15 is 0 Å². The molecule has 0 saturated carbocycles. The van der Waals surface area contributed by atoms with E-state index < -0.39 is 5.91 Å². The number of carbonyl (C=O) groups is 3. The molecular weight excluding hydrogens is 326 g/mol. The predicted molar refractivity (Wildman–Crippen MR) is 94.3 cm³/mol. The number of carbonyl (C=O) groups excluding carboxylic acids is 3. The summed E-state index contributed by atoms with van der Waals surface area (Å²) in [5.41, 5.74) is 9.57. The van der Waals surface area contributed by atoms with Crippen molar-refractivity contribution in [3.63, 3.8) is 0 Å². The highest BCUT2D eigenvalue weighted by atomic mass is 32.1. The Labute approximate surface area is 143 Å². The Morgan fingerprint density at radius 1 is 1.04 bits per heavy atom. The van der Waals surface area contributed by atoms with Crippen LogP contribution in [0.5, 0.6) is 0 Å². The molecule has 0 fully saturated rings. The number of nitrogens with one attached hydrogen (secondary N) is 2. The second kappa shape index (κ2) is 6.09. The summed E-state index contributed by atoms with van der Waals surface area (Å²) in [6.45, 7) is 2.87. The summed E-state index contributed by atoms with van der Waals surface area (Å²) in [5, 5.41) is 6.03. The third-order valence-corrected chi connectivity index (χ3v) is 5.08. The number of benzene rings is 1. The fourth-order valence-electron chi connectivity index (χ4n) is 3.06. The molecule has 0 atom stereocenters. The molecule has 6 nitrogen and oxygen atoms in total. The molecule has 1 aliphatic rings. The topological polar surface area (TPSA) is 101 Å². The molecule has 1 aromatic heterocycles. The summed E-state index contributed by atoms with van der Waals surface area (Å²) in [5.74, 6) is -0.918. The molecule has 0 spiro atoms. The minimum Gasteiger partial charge on any atom is -0.365 e. The highest BCUT2D eigenvalue weighted by Crippen LogP contribution is 2.46. The molecule has 24 heavy (non-hydrogen) atoms. The van der Waals surface area contributed by atoms with Crippen molar-refractivity contribution in [3.8, 4) is 10.4 Å². The molecule has 3 amide bonds. The number of primary amides is 1. The maximum absolute atomic E-state index is 11.9. The zero-order valence-electron chi connectivity index (χ0n) is 13.4. The Hall–Kier alpha value is -2.67. The standard InChI is InChI=1S/C17H17N3O3S/c1-8(21)19-13-5-3-4-11-10(13)6-7-12-14(16(18)23)17(20-9(2)22)24-15(11)12/h3-5H,6-7H2,1-2H3,(H2,18,23)(H,19,21)(H,20,22). The van der Waals surface area contributed by atoms with Crippen molar-refractivity contribution in [2.24, 2.45) is 5.73 Å². The van der Waals surface area contributed by atoms with Gasteiger partial charge in [0.25, 0.3) is 5.91 Å². The zero-order chi connectivity index (χ0) is 17.4. The van der Waals surface area contributed by atoms with E-state index in [-0.39, 0.29) is 11.8 Å². The van der Waals surface area contributed by atoms with E-state index in [4.69, 9.17) is 5.73 Å². The van der Waals surface area contributed by atoms with Crippen LogP contribution in [0.2, 0.25) is 0 Å². The second-order valence-electron chi connectivity index (χ2n) is 5.67. The van der Waals surface area contributed by atoms with Gasteiger partial charge in [0.2, 0.25) is 11.8 Å². The highest BCUT2D eigenvalue weighted by Gasteiger charge is 2.28. The SMILES string of the molecule is CC(=O)Nc1cccc2c1CCc1c-2sc(NC(C)=O)c1C(N)=O. The van der Waals surface area contributed by atoms with Crippen LogP contribution in [-0.2, 0) is 22.4 Å². The van der Waals surface area contributed by atoms with E-state index in [1.165, 1.54) is 25.2 Å². The highest BCUT2D eigenvalue weighted by molar-refractivity contribution is 7.20. The molecule has 0 saturated heterocycles. The van der Waals surface area contributed by atoms with Crippen LogP contribution in [0.3, 0.4) is 0 Å². The molecule has 0 aliphatic heterocycles. The van der Waals surface area contributed by atoms with E-state index in [0.29, 0.717) is 23.4 Å². The summed E-state index contributed by atoms with van der Waals surface area (Å²) in [6, 6.07) is 5.68. The third kappa shape index (κ3) is 2.78. The first-order chi connectivity index (χ1) is 11.4. The largest absolute Gasteiger partial charge is 0.365 e. The van der Waals surface area contributed by atoms with Crippen molar-refractivity contribution in [2.75, 3.05) is 10.6 Å². The number of hydrogen-bond donors (Lipinski definition) is 3. The maximum Gasteiger partial charge on any atom is 0.252 e. The lowest BCUT2D eigenvalue weighted by molar-refractivity contribution is -0.115. The van der Waals surface area contributed by atoms with Crippen molar-refractivity contribution in [2.45, 2.75) is 26.7 Å². The normalized spacial score (nSPS) is 12.1. The Kier molecular flexibility index (Phi) is 4.11. The Bertz CT molecular complexity index is 870. The molecule has 124 valence electrons. The number of amides is 3. The lowest BCUT2D eigenvalue weighted by atomic mass is 9.88. The number of thiophene rings is 1. The van der Waals surface area contributed by atoms with Gasteiger partial charge in [0.05, 0.1) is 5.56 Å². The van der Waals surface area contributed by atoms with Gasteiger partial charge in [0.1, 0.15) is 5.00 Å². The Morgan fingerprint density at radius 2 is 1.71 bits per heavy atom. The van der Waals surface area contributed by atoms with Crippen molar-refractivity contribution < 1.29 is 14.4 Å². The fraction of sp³-hybridized carbons (Fsp3) is 0.235. The monoisotopic (exact) mass is 343 g/mol. The van der Waals surface area contributed by atoms with Gasteiger partial charge in [-0.1, -0.05) is 12.1 Å². The molecular formula is C17H17N3O3S. The zero-order valence-corrected chi connectivity index (χ0v) is 14.2. The molecule has 1 aromatic carbocycles. The van der Waals surface area contributed by atoms with Crippen LogP contribution in [0.15, 0.2) is 18.2 Å². The van der Waals surface area contributed by atoms with Gasteiger partial charge in [0, 0.05) is 24.4 Å². The molecule has 1 heterocycles. The molecule has 0 bridgehead atoms. The predicted octanol–water partition coefficient (Wildman–Crippen LogP) is 2.53. The average molecular weight is 343 g/mol. The van der Waals surface area contributed by atoms with E-state index in [1.54, 1.807) is 0 Å². The number of fused-ring (bicyclic) bond motifs is 3. The summed E-state index contributed by atoms with van der Waals surface area (Å²) >= 11 is 1.34. The van der Waals surface area contributed by atoms with Gasteiger partial charge < -0.3 is 16.4 Å². The first-order valence-corrected chi connectivity index (χ1v) is 8.33. The second-order valence-corrected chi connectivity index (χ2v) is 6.69. The molecule has 4 N–H and O–H groups in total. The Morgan fingerprint density at radius 3 is 2.33 bits per heavy atom. The smallest absolute Gasteiger partial charge is 0.252 e. The lowest BCUT2D eigenvalue weighted by Gasteiger charge is -2.20. The number of anilines is 2. The van der Waals surface area contributed by atoms with E-state index in [2.05, 4.69) is 10.6 Å². The van der Waals surface area contributed by atoms with Crippen LogP contribution in [0.25, 0.3) is 10.4 Å². The number of rotatable bonds is 3. The van der Waals surface area contributed by atoms with Crippen molar-refractivity contribution >= 4 is 39.7 Å². The first kappa shape index (κ1) is 16.2. The van der Waals surface area contributed by atoms with E-state index in [9.17, 15) is 14.4 Å². The average Bonchev–Trinajstić information content (AvgIpc) is 2.84. The summed E-state index contributed by atoms with van der Waals surface area (Å²) in [6.07, 6.45) is 1.32. The van der Waals surface area contributed by atoms with Gasteiger partial charge in [-0.25, -0.2) is 0 Å². The van der Waals surface area contributed by atoms with E-state index in [0.717, 1.165) is 27.3 Å². The van der Waals surface area contributed by atoms with E-state index in [1.807, 2.05) is 18.2 Å². The summed E-state index contributed by atoms with van der Waals surface area (Å²) in [7, 11) is 0. The molecule has 0 unspecified atom stereocenters. The Balaban J connectivity index is 2.17. The van der Waals surface area contributed by atoms with Gasteiger partial charge in [-0.15, -0.1) is 11.3 Å². The number of nitrogens with two attached hydrogens (primary N) is 1. The van der Waals surface area contributed by atoms with Crippen LogP contribution < -0.4 is 16.4 Å². The van der Waals surface area contributed by atoms with Gasteiger partial charge in [0.15, 0.2) is 0 Å². The van der Waals surface area contributed by atoms with Gasteiger partial charge in [-0.2, -0.15) is 0 Å². The third-order valence-electron chi connectivity index (χ3n) is 3.90. The maximum atomic E-state index is 11.9. The van der Waals surface area contributed by atoms with Gasteiger partial charge >= 0.3 is 0 Å². The number of hydrogen-bond acceptors (Lipinski definition) is 4. The van der Waals surface area contributed by atoms with Crippen molar-refractivity contribution in [1.82, 2.24) is 0 Å². The van der Waals surface area contributed by atoms with Crippen LogP contribution in [0, 0.1) is 0 Å². The first-order valence-electron chi connectivity index (χ1n) is 7.51. The van der Waals surface area contributed by atoms with Crippen LogP contribution in [-0.4, -0.2) is 17.7 Å². The van der Waals surface area contributed by atoms with Gasteiger partial charge in [-0.3, -0.25) is 14.4 Å². The summed E-state index contributed by atoms with van der Waals surface area (Å²) in [4.78, 5) is 35.6. The summed E-state index contributed by atoms with van der Waals surface area (Å²) < 4.78 is 0. The van der Waals surface area contributed by atoms with Crippen LogP contribution >= 0.6 is 11.3 Å². The van der Waals surface area contributed by atoms with Crippen LogP contribution in [0.4, 0.5) is 10.7 Å². The van der Waals surface area contributed by atoms with Crippen molar-refractivity contribution in [3.05, 3.63) is 34.9 Å². The molecule has 3 rings (SSSR count). The minimum absolute atomic E-state index is 0.128. The molecule has 0 radical (unpaired) electrons. The molecule has 2 aromatic rings. The van der Waals surface area contributed by atoms with Crippen LogP contribution in [0.1, 0.15) is 35.3 Å². The fourth-order valence-corrected chi connectivity index (χ4v) is 4.41. The van der Waals surface area contributed by atoms with Crippen molar-refractivity contribution in [1.29, 1.82) is 0 Å². The molecule has 7 heteroatoms. The quantitative estimate of drug-likeness (QED) is 0.798. The molecule has 1 aliphatic carbocycles. The van der Waals surface area contributed by atoms with Gasteiger partial charge in [-0.05, 0) is 35.6 Å². The lowest BCUT2D eigenvalue weighted by Crippen LogP contribution is -2.18.